The van der Waals surface area contributed by atoms with E-state index in [1.165, 1.54) is 15.8 Å². The predicted molar refractivity (Wildman–Crippen MR) is 176 cm³/mol. The minimum absolute atomic E-state index is 0.0170. The molecule has 0 aliphatic carbocycles. The summed E-state index contributed by atoms with van der Waals surface area (Å²) < 4.78 is 3.17. The molecule has 1 aliphatic rings. The van der Waals surface area contributed by atoms with Crippen LogP contribution in [0.15, 0.2) is 88.9 Å². The maximum absolute atomic E-state index is 14.1. The molecular weight excluding hydrogens is 568 g/mol. The van der Waals surface area contributed by atoms with E-state index in [0.29, 0.717) is 53.8 Å². The molecule has 10 heteroatoms. The van der Waals surface area contributed by atoms with Crippen LogP contribution >= 0.6 is 0 Å². The number of allylic oxidation sites excluding steroid dienone is 4. The van der Waals surface area contributed by atoms with E-state index in [-0.39, 0.29) is 12.2 Å². The molecule has 1 amide bonds. The molecular formula is C35H42N6O4. The van der Waals surface area contributed by atoms with Crippen LogP contribution in [-0.4, -0.2) is 54.0 Å². The Labute approximate surface area is 263 Å². The number of benzene rings is 2. The van der Waals surface area contributed by atoms with Crippen molar-refractivity contribution in [2.45, 2.75) is 65.5 Å². The van der Waals surface area contributed by atoms with Gasteiger partial charge < -0.3 is 15.1 Å². The molecule has 1 aliphatic heterocycles. The number of H-pyrrole nitrogens is 1. The minimum Gasteiger partial charge on any atom is -0.396 e. The third kappa shape index (κ3) is 6.62. The number of aliphatic hydroxyl groups is 2. The molecule has 236 valence electrons. The van der Waals surface area contributed by atoms with E-state index in [1.54, 1.807) is 34.0 Å². The number of rotatable bonds is 13. The second kappa shape index (κ2) is 13.6. The summed E-state index contributed by atoms with van der Waals surface area (Å²) >= 11 is 0. The van der Waals surface area contributed by atoms with E-state index in [4.69, 9.17) is 5.11 Å². The number of anilines is 1. The molecule has 4 aromatic rings. The highest BCUT2D eigenvalue weighted by Gasteiger charge is 2.52. The maximum Gasteiger partial charge on any atom is 0.279 e. The number of hydrogen-bond donors (Lipinski definition) is 3. The van der Waals surface area contributed by atoms with Crippen molar-refractivity contribution in [1.29, 1.82) is 0 Å². The number of amides is 1. The Hall–Kier alpha value is -4.54. The molecule has 0 saturated carbocycles. The number of aromatic amines is 1. The molecule has 10 nitrogen and oxygen atoms in total. The van der Waals surface area contributed by atoms with Gasteiger partial charge in [0.25, 0.3) is 11.5 Å². The van der Waals surface area contributed by atoms with Crippen LogP contribution in [0.25, 0.3) is 16.6 Å². The fraction of sp³-hybridized carbons (Fsp3) is 0.371. The molecule has 0 bridgehead atoms. The Morgan fingerprint density at radius 3 is 2.64 bits per heavy atom. The topological polar surface area (TPSA) is 129 Å². The zero-order chi connectivity index (χ0) is 32.1. The van der Waals surface area contributed by atoms with E-state index in [9.17, 15) is 14.7 Å². The number of nitrogens with one attached hydrogen (secondary N) is 1. The third-order valence-corrected chi connectivity index (χ3v) is 8.38. The monoisotopic (exact) mass is 610 g/mol. The van der Waals surface area contributed by atoms with Crippen LogP contribution in [0.3, 0.4) is 0 Å². The average Bonchev–Trinajstić information content (AvgIpc) is 3.68. The Kier molecular flexibility index (Phi) is 9.65. The Morgan fingerprint density at radius 2 is 1.89 bits per heavy atom. The standard InChI is InChI=1S/C35H42N6O4/c1-24(2)10-9-11-25(3)17-20-40-32-16-15-28(41-33(43)29-13-5-6-14-31(29)37-41)22-30(32)35(45,34(40)44)26(4)12-7-8-19-39-23-27(18-21-42)36-38-39/h5-7,10,12-17,22-23,26,37,42,45H,8-9,11,18-21H2,1-4H3/b12-7+,25-17+/t26-,35+/m1/s1. The van der Waals surface area contributed by atoms with Crippen molar-refractivity contribution < 1.29 is 15.0 Å². The van der Waals surface area contributed by atoms with E-state index in [0.717, 1.165) is 18.5 Å². The lowest BCUT2D eigenvalue weighted by atomic mass is 9.82. The minimum atomic E-state index is -1.83. The normalized spacial score (nSPS) is 17.4. The third-order valence-electron chi connectivity index (χ3n) is 8.38. The Bertz CT molecular complexity index is 1820. The first kappa shape index (κ1) is 31.9. The van der Waals surface area contributed by atoms with Gasteiger partial charge in [0.2, 0.25) is 0 Å². The van der Waals surface area contributed by atoms with Gasteiger partial charge in [0.05, 0.1) is 28.0 Å². The number of para-hydroxylation sites is 1. The van der Waals surface area contributed by atoms with Crippen LogP contribution < -0.4 is 10.5 Å². The number of aromatic nitrogens is 5. The summed E-state index contributed by atoms with van der Waals surface area (Å²) in [5.41, 5.74) is 3.48. The van der Waals surface area contributed by atoms with Crippen LogP contribution in [0.4, 0.5) is 5.69 Å². The van der Waals surface area contributed by atoms with E-state index >= 15 is 0 Å². The van der Waals surface area contributed by atoms with Crippen LogP contribution in [0, 0.1) is 5.92 Å². The number of carbonyl (C=O) groups excluding carboxylic acids is 1. The molecule has 3 N–H and O–H groups in total. The maximum atomic E-state index is 14.1. The van der Waals surface area contributed by atoms with Gasteiger partial charge in [-0.2, -0.15) is 0 Å². The molecule has 0 radical (unpaired) electrons. The van der Waals surface area contributed by atoms with E-state index in [2.05, 4.69) is 42.3 Å². The molecule has 2 aromatic heterocycles. The smallest absolute Gasteiger partial charge is 0.279 e. The molecule has 45 heavy (non-hydrogen) atoms. The number of aliphatic hydroxyl groups excluding tert-OH is 1. The molecule has 0 saturated heterocycles. The number of aryl methyl sites for hydroxylation is 1. The second-order valence-electron chi connectivity index (χ2n) is 12.0. The van der Waals surface area contributed by atoms with Crippen LogP contribution in [0.2, 0.25) is 0 Å². The first-order valence-electron chi connectivity index (χ1n) is 15.5. The lowest BCUT2D eigenvalue weighted by molar-refractivity contribution is -0.139. The van der Waals surface area contributed by atoms with Gasteiger partial charge in [0, 0.05) is 43.8 Å². The van der Waals surface area contributed by atoms with Crippen molar-refractivity contribution in [2.75, 3.05) is 18.1 Å². The summed E-state index contributed by atoms with van der Waals surface area (Å²) in [6.07, 6.45) is 12.7. The molecule has 2 atom stereocenters. The van der Waals surface area contributed by atoms with Gasteiger partial charge in [0.15, 0.2) is 5.60 Å². The number of fused-ring (bicyclic) bond motifs is 2. The van der Waals surface area contributed by atoms with Gasteiger partial charge in [-0.05, 0) is 70.4 Å². The molecule has 0 spiro atoms. The average molecular weight is 611 g/mol. The number of carbonyl (C=O) groups is 1. The molecule has 0 unspecified atom stereocenters. The summed E-state index contributed by atoms with van der Waals surface area (Å²) in [7, 11) is 0. The van der Waals surface area contributed by atoms with Crippen molar-refractivity contribution in [3.05, 3.63) is 106 Å². The fourth-order valence-corrected chi connectivity index (χ4v) is 5.76. The highest BCUT2D eigenvalue weighted by molar-refractivity contribution is 6.07. The van der Waals surface area contributed by atoms with Crippen LogP contribution in [-0.2, 0) is 23.4 Å². The summed E-state index contributed by atoms with van der Waals surface area (Å²) in [4.78, 5) is 29.0. The van der Waals surface area contributed by atoms with Crippen molar-refractivity contribution in [3.63, 3.8) is 0 Å². The fourth-order valence-electron chi connectivity index (χ4n) is 5.76. The van der Waals surface area contributed by atoms with E-state index in [1.807, 2.05) is 49.4 Å². The Balaban J connectivity index is 1.44. The molecule has 3 heterocycles. The highest BCUT2D eigenvalue weighted by Crippen LogP contribution is 2.46. The van der Waals surface area contributed by atoms with Gasteiger partial charge in [-0.25, -0.2) is 4.68 Å². The SMILES string of the molecule is CC(C)=CCC/C(C)=C/CN1C(=O)[C@](O)([C@H](C)/C=C/CCn2cc(CCO)nn2)c2cc(-n3[nH]c4ccccc4c3=O)ccc21. The van der Waals surface area contributed by atoms with Gasteiger partial charge >= 0.3 is 0 Å². The summed E-state index contributed by atoms with van der Waals surface area (Å²) in [5.74, 6) is -0.957. The zero-order valence-corrected chi connectivity index (χ0v) is 26.4. The van der Waals surface area contributed by atoms with Crippen molar-refractivity contribution in [3.8, 4) is 5.69 Å². The molecule has 0 fully saturated rings. The van der Waals surface area contributed by atoms with Gasteiger partial charge in [-0.3, -0.25) is 19.4 Å². The summed E-state index contributed by atoms with van der Waals surface area (Å²) in [6.45, 7) is 8.97. The number of hydrogen-bond acceptors (Lipinski definition) is 6. The lowest BCUT2D eigenvalue weighted by Crippen LogP contribution is -2.44. The van der Waals surface area contributed by atoms with E-state index < -0.39 is 17.4 Å². The predicted octanol–water partition coefficient (Wildman–Crippen LogP) is 4.95. The summed E-state index contributed by atoms with van der Waals surface area (Å²) in [5, 5.41) is 33.2. The summed E-state index contributed by atoms with van der Waals surface area (Å²) in [6, 6.07) is 12.7. The van der Waals surface area contributed by atoms with Gasteiger partial charge in [0.1, 0.15) is 0 Å². The molecule has 2 aromatic carbocycles. The van der Waals surface area contributed by atoms with Crippen molar-refractivity contribution in [2.24, 2.45) is 5.92 Å². The Morgan fingerprint density at radius 1 is 1.09 bits per heavy atom. The van der Waals surface area contributed by atoms with Gasteiger partial charge in [-0.1, -0.05) is 59.7 Å². The number of nitrogens with zero attached hydrogens (tertiary/aromatic N) is 5. The quantitative estimate of drug-likeness (QED) is 0.184. The van der Waals surface area contributed by atoms with Crippen molar-refractivity contribution >= 4 is 22.5 Å². The van der Waals surface area contributed by atoms with Crippen LogP contribution in [0.5, 0.6) is 0 Å². The first-order valence-corrected chi connectivity index (χ1v) is 15.5. The van der Waals surface area contributed by atoms with Crippen LogP contribution in [0.1, 0.15) is 58.2 Å². The highest BCUT2D eigenvalue weighted by atomic mass is 16.3. The largest absolute Gasteiger partial charge is 0.396 e. The van der Waals surface area contributed by atoms with Gasteiger partial charge in [-0.15, -0.1) is 5.10 Å². The lowest BCUT2D eigenvalue weighted by Gasteiger charge is -2.27. The van der Waals surface area contributed by atoms with Crippen molar-refractivity contribution in [1.82, 2.24) is 24.8 Å². The zero-order valence-electron chi connectivity index (χ0n) is 26.4. The second-order valence-corrected chi connectivity index (χ2v) is 12.0. The molecule has 5 rings (SSSR count). The first-order chi connectivity index (χ1) is 21.6.